The number of hydrogen-bond acceptors (Lipinski definition) is 1. The van der Waals surface area contributed by atoms with Gasteiger partial charge in [-0.1, -0.05) is 23.2 Å². The van der Waals surface area contributed by atoms with Gasteiger partial charge in [-0.15, -0.1) is 0 Å². The fourth-order valence-electron chi connectivity index (χ4n) is 0.998. The molecular formula is C11H12Cl2O. The maximum Gasteiger partial charge on any atom is 0.122 e. The second-order valence-electron chi connectivity index (χ2n) is 3.15. The van der Waals surface area contributed by atoms with E-state index in [0.29, 0.717) is 6.61 Å². The Morgan fingerprint density at radius 1 is 1.50 bits per heavy atom. The van der Waals surface area contributed by atoms with Gasteiger partial charge in [0.2, 0.25) is 0 Å². The minimum atomic E-state index is 0.506. The Labute approximate surface area is 94.3 Å². The summed E-state index contributed by atoms with van der Waals surface area (Å²) >= 11 is 11.3. The first-order chi connectivity index (χ1) is 6.63. The van der Waals surface area contributed by atoms with Crippen LogP contribution in [-0.4, -0.2) is 6.61 Å². The fraction of sp³-hybridized carbons (Fsp3) is 0.273. The summed E-state index contributed by atoms with van der Waals surface area (Å²) in [6, 6.07) is 5.54. The van der Waals surface area contributed by atoms with E-state index in [4.69, 9.17) is 27.9 Å². The highest BCUT2D eigenvalue weighted by Gasteiger charge is 2.00. The molecule has 0 heterocycles. The molecule has 1 aromatic rings. The second-order valence-corrected chi connectivity index (χ2v) is 3.81. The quantitative estimate of drug-likeness (QED) is 0.758. The molecule has 0 aromatic heterocycles. The van der Waals surface area contributed by atoms with Crippen molar-refractivity contribution in [2.24, 2.45) is 0 Å². The molecule has 0 saturated carbocycles. The molecule has 76 valence electrons. The highest BCUT2D eigenvalue weighted by molar-refractivity contribution is 6.30. The molecule has 1 nitrogen and oxygen atoms in total. The van der Waals surface area contributed by atoms with Crippen LogP contribution in [0.3, 0.4) is 0 Å². The van der Waals surface area contributed by atoms with Gasteiger partial charge in [-0.3, -0.25) is 0 Å². The Hall–Kier alpha value is -0.660. The van der Waals surface area contributed by atoms with Gasteiger partial charge in [-0.05, 0) is 43.2 Å². The maximum absolute atomic E-state index is 5.82. The van der Waals surface area contributed by atoms with Gasteiger partial charge in [0.25, 0.3) is 0 Å². The molecule has 0 amide bonds. The first-order valence-corrected chi connectivity index (χ1v) is 5.09. The first kappa shape index (κ1) is 11.4. The van der Waals surface area contributed by atoms with Gasteiger partial charge >= 0.3 is 0 Å². The minimum Gasteiger partial charge on any atom is -0.489 e. The number of ether oxygens (including phenoxy) is 1. The lowest BCUT2D eigenvalue weighted by atomic mass is 10.2. The van der Waals surface area contributed by atoms with E-state index >= 15 is 0 Å². The summed E-state index contributed by atoms with van der Waals surface area (Å²) in [6.07, 6.45) is 0. The Bertz CT molecular complexity index is 345. The molecule has 0 N–H and O–H groups in total. The van der Waals surface area contributed by atoms with Crippen molar-refractivity contribution in [3.8, 4) is 5.75 Å². The van der Waals surface area contributed by atoms with Crippen LogP contribution >= 0.6 is 23.2 Å². The topological polar surface area (TPSA) is 9.23 Å². The fourth-order valence-corrected chi connectivity index (χ4v) is 1.29. The smallest absolute Gasteiger partial charge is 0.122 e. The number of rotatable bonds is 3. The van der Waals surface area contributed by atoms with Gasteiger partial charge in [0.05, 0.1) is 0 Å². The van der Waals surface area contributed by atoms with E-state index in [-0.39, 0.29) is 0 Å². The molecule has 0 aliphatic rings. The van der Waals surface area contributed by atoms with E-state index in [2.05, 4.69) is 0 Å². The molecule has 3 heteroatoms. The van der Waals surface area contributed by atoms with Crippen molar-refractivity contribution in [2.45, 2.75) is 13.8 Å². The van der Waals surface area contributed by atoms with Gasteiger partial charge in [0, 0.05) is 10.6 Å². The molecule has 1 aromatic carbocycles. The third-order valence-corrected chi connectivity index (χ3v) is 2.39. The zero-order chi connectivity index (χ0) is 10.6. The van der Waals surface area contributed by atoms with E-state index < -0.39 is 0 Å². The molecule has 0 fully saturated rings. The lowest BCUT2D eigenvalue weighted by Gasteiger charge is -2.08. The van der Waals surface area contributed by atoms with Gasteiger partial charge < -0.3 is 4.74 Å². The van der Waals surface area contributed by atoms with Crippen molar-refractivity contribution in [1.82, 2.24) is 0 Å². The molecule has 0 aliphatic heterocycles. The van der Waals surface area contributed by atoms with E-state index in [1.54, 1.807) is 0 Å². The van der Waals surface area contributed by atoms with Gasteiger partial charge in [-0.25, -0.2) is 0 Å². The Kier molecular flexibility index (Phi) is 4.30. The van der Waals surface area contributed by atoms with Crippen LogP contribution < -0.4 is 4.74 Å². The van der Waals surface area contributed by atoms with Crippen molar-refractivity contribution in [3.05, 3.63) is 39.9 Å². The summed E-state index contributed by atoms with van der Waals surface area (Å²) in [6.45, 7) is 4.38. The van der Waals surface area contributed by atoms with Crippen LogP contribution in [-0.2, 0) is 0 Å². The zero-order valence-corrected chi connectivity index (χ0v) is 9.69. The number of halogens is 2. The Morgan fingerprint density at radius 3 is 2.79 bits per heavy atom. The number of benzene rings is 1. The van der Waals surface area contributed by atoms with Crippen molar-refractivity contribution < 1.29 is 4.74 Å². The SMILES string of the molecule is C/C(=C/Cl)COc1ccc(Cl)cc1C. The van der Waals surface area contributed by atoms with Crippen LogP contribution in [0.25, 0.3) is 0 Å². The molecule has 0 radical (unpaired) electrons. The van der Waals surface area contributed by atoms with Gasteiger partial charge in [0.15, 0.2) is 0 Å². The molecule has 0 aliphatic carbocycles. The zero-order valence-electron chi connectivity index (χ0n) is 8.18. The van der Waals surface area contributed by atoms with Crippen LogP contribution in [0, 0.1) is 6.92 Å². The summed E-state index contributed by atoms with van der Waals surface area (Å²) in [5.41, 5.74) is 3.53. The van der Waals surface area contributed by atoms with Crippen molar-refractivity contribution in [3.63, 3.8) is 0 Å². The lowest BCUT2D eigenvalue weighted by molar-refractivity contribution is 0.350. The molecule has 0 bridgehead atoms. The van der Waals surface area contributed by atoms with Crippen LogP contribution in [0.1, 0.15) is 12.5 Å². The summed E-state index contributed by atoms with van der Waals surface area (Å²) in [5.74, 6) is 0.840. The maximum atomic E-state index is 5.82. The average molecular weight is 231 g/mol. The highest BCUT2D eigenvalue weighted by atomic mass is 35.5. The van der Waals surface area contributed by atoms with Crippen LogP contribution in [0.2, 0.25) is 5.02 Å². The Balaban J connectivity index is 2.68. The Morgan fingerprint density at radius 2 is 2.21 bits per heavy atom. The first-order valence-electron chi connectivity index (χ1n) is 4.28. The summed E-state index contributed by atoms with van der Waals surface area (Å²) in [7, 11) is 0. The predicted molar refractivity (Wildman–Crippen MR) is 61.3 cm³/mol. The number of aryl methyl sites for hydroxylation is 1. The van der Waals surface area contributed by atoms with E-state index in [9.17, 15) is 0 Å². The third kappa shape index (κ3) is 3.24. The molecule has 0 spiro atoms. The van der Waals surface area contributed by atoms with Crippen molar-refractivity contribution in [1.29, 1.82) is 0 Å². The normalized spacial score (nSPS) is 11.6. The average Bonchev–Trinajstić information content (AvgIpc) is 2.16. The van der Waals surface area contributed by atoms with E-state index in [1.165, 1.54) is 5.54 Å². The summed E-state index contributed by atoms with van der Waals surface area (Å²) < 4.78 is 5.53. The largest absolute Gasteiger partial charge is 0.489 e. The molecule has 0 saturated heterocycles. The van der Waals surface area contributed by atoms with Crippen LogP contribution in [0.5, 0.6) is 5.75 Å². The molecule has 0 atom stereocenters. The monoisotopic (exact) mass is 230 g/mol. The van der Waals surface area contributed by atoms with Crippen LogP contribution in [0.15, 0.2) is 29.3 Å². The summed E-state index contributed by atoms with van der Waals surface area (Å²) in [4.78, 5) is 0. The van der Waals surface area contributed by atoms with Crippen molar-refractivity contribution in [2.75, 3.05) is 6.61 Å². The second kappa shape index (κ2) is 5.28. The molecule has 14 heavy (non-hydrogen) atoms. The lowest BCUT2D eigenvalue weighted by Crippen LogP contribution is -1.99. The molecular weight excluding hydrogens is 219 g/mol. The predicted octanol–water partition coefficient (Wildman–Crippen LogP) is 4.17. The number of hydrogen-bond donors (Lipinski definition) is 0. The van der Waals surface area contributed by atoms with E-state index in [0.717, 1.165) is 21.9 Å². The van der Waals surface area contributed by atoms with Crippen LogP contribution in [0.4, 0.5) is 0 Å². The molecule has 1 rings (SSSR count). The van der Waals surface area contributed by atoms with Crippen molar-refractivity contribution >= 4 is 23.2 Å². The highest BCUT2D eigenvalue weighted by Crippen LogP contribution is 2.22. The van der Waals surface area contributed by atoms with Gasteiger partial charge in [0.1, 0.15) is 12.4 Å². The standard InChI is InChI=1S/C11H12Cl2O/c1-8(6-12)7-14-11-4-3-10(13)5-9(11)2/h3-6H,7H2,1-2H3/b8-6-. The van der Waals surface area contributed by atoms with E-state index in [1.807, 2.05) is 32.0 Å². The minimum absolute atomic E-state index is 0.506. The van der Waals surface area contributed by atoms with Gasteiger partial charge in [-0.2, -0.15) is 0 Å². The summed E-state index contributed by atoms with van der Waals surface area (Å²) in [5, 5.41) is 0.722. The molecule has 0 unspecified atom stereocenters. The third-order valence-electron chi connectivity index (χ3n) is 1.78.